The normalized spacial score (nSPS) is 37.1. The highest BCUT2D eigenvalue weighted by Crippen LogP contribution is 2.53. The molecule has 1 heterocycles. The van der Waals surface area contributed by atoms with Crippen LogP contribution < -0.4 is 0 Å². The zero-order chi connectivity index (χ0) is 14.0. The van der Waals surface area contributed by atoms with E-state index in [1.54, 1.807) is 14.2 Å². The topological polar surface area (TPSA) is 51.2 Å². The number of ether oxygens (including phenoxy) is 3. The summed E-state index contributed by atoms with van der Waals surface area (Å²) in [5, 5.41) is 11.0. The number of unbranched alkanes of at least 4 members (excludes halogenated alkanes) is 2. The number of hydrogen-bond acceptors (Lipinski definition) is 4. The van der Waals surface area contributed by atoms with E-state index in [2.05, 4.69) is 13.0 Å². The van der Waals surface area contributed by atoms with Gasteiger partial charge in [-0.05, 0) is 12.8 Å². The maximum Gasteiger partial charge on any atom is 0.170 e. The molecule has 0 radical (unpaired) electrons. The van der Waals surface area contributed by atoms with Crippen molar-refractivity contribution in [2.45, 2.75) is 62.4 Å². The summed E-state index contributed by atoms with van der Waals surface area (Å²) in [6.07, 6.45) is 9.20. The lowest BCUT2D eigenvalue weighted by molar-refractivity contribution is -0.259. The van der Waals surface area contributed by atoms with Crippen LogP contribution in [0.1, 0.15) is 45.4 Å². The van der Waals surface area contributed by atoms with E-state index in [4.69, 9.17) is 14.2 Å². The van der Waals surface area contributed by atoms with Crippen molar-refractivity contribution in [3.05, 3.63) is 12.2 Å². The van der Waals surface area contributed by atoms with E-state index in [-0.39, 0.29) is 0 Å². The Bertz CT molecular complexity index is 331. The van der Waals surface area contributed by atoms with Gasteiger partial charge in [-0.15, -0.1) is 0 Å². The average Bonchev–Trinajstić information content (AvgIpc) is 3.21. The Labute approximate surface area is 115 Å². The van der Waals surface area contributed by atoms with E-state index < -0.39 is 17.0 Å². The van der Waals surface area contributed by atoms with Gasteiger partial charge in [0.05, 0.1) is 6.61 Å². The van der Waals surface area contributed by atoms with Crippen molar-refractivity contribution in [3.8, 4) is 0 Å². The fourth-order valence-corrected chi connectivity index (χ4v) is 2.99. The molecule has 0 aromatic rings. The molecule has 1 aliphatic heterocycles. The summed E-state index contributed by atoms with van der Waals surface area (Å²) < 4.78 is 16.6. The van der Waals surface area contributed by atoms with Crippen LogP contribution in [-0.2, 0) is 14.2 Å². The SMILES string of the molecule is CCCCC=CC1(O)CC(OC)(OC)CCC12CO2. The van der Waals surface area contributed by atoms with E-state index in [0.29, 0.717) is 13.0 Å². The van der Waals surface area contributed by atoms with Gasteiger partial charge in [-0.1, -0.05) is 31.9 Å². The van der Waals surface area contributed by atoms with E-state index >= 15 is 0 Å². The second kappa shape index (κ2) is 5.52. The molecule has 2 rings (SSSR count). The van der Waals surface area contributed by atoms with Crippen molar-refractivity contribution in [2.24, 2.45) is 0 Å². The van der Waals surface area contributed by atoms with Crippen LogP contribution in [0.3, 0.4) is 0 Å². The highest BCUT2D eigenvalue weighted by molar-refractivity contribution is 5.22. The van der Waals surface area contributed by atoms with Gasteiger partial charge in [0.25, 0.3) is 0 Å². The fourth-order valence-electron chi connectivity index (χ4n) is 2.99. The monoisotopic (exact) mass is 270 g/mol. The van der Waals surface area contributed by atoms with Gasteiger partial charge in [0.1, 0.15) is 11.2 Å². The number of aliphatic hydroxyl groups is 1. The molecule has 0 aromatic carbocycles. The van der Waals surface area contributed by atoms with Crippen LogP contribution in [0.25, 0.3) is 0 Å². The first-order valence-corrected chi connectivity index (χ1v) is 7.20. The Hall–Kier alpha value is -0.420. The first-order chi connectivity index (χ1) is 9.05. The Balaban J connectivity index is 2.11. The molecule has 4 heteroatoms. The molecule has 110 valence electrons. The smallest absolute Gasteiger partial charge is 0.170 e. The Morgan fingerprint density at radius 2 is 1.95 bits per heavy atom. The van der Waals surface area contributed by atoms with E-state index in [9.17, 15) is 5.11 Å². The zero-order valence-electron chi connectivity index (χ0n) is 12.3. The van der Waals surface area contributed by atoms with Crippen LogP contribution in [0.15, 0.2) is 12.2 Å². The summed E-state index contributed by atoms with van der Waals surface area (Å²) in [5.41, 5.74) is -1.39. The highest BCUT2D eigenvalue weighted by atomic mass is 16.7. The first kappa shape index (κ1) is 15.0. The Morgan fingerprint density at radius 3 is 2.47 bits per heavy atom. The molecule has 2 unspecified atom stereocenters. The summed E-state index contributed by atoms with van der Waals surface area (Å²) in [6, 6.07) is 0. The van der Waals surface area contributed by atoms with Crippen molar-refractivity contribution in [2.75, 3.05) is 20.8 Å². The van der Waals surface area contributed by atoms with E-state index in [1.165, 1.54) is 0 Å². The van der Waals surface area contributed by atoms with Crippen molar-refractivity contribution < 1.29 is 19.3 Å². The van der Waals surface area contributed by atoms with Gasteiger partial charge in [-0.2, -0.15) is 0 Å². The van der Waals surface area contributed by atoms with Gasteiger partial charge in [0, 0.05) is 27.1 Å². The molecule has 1 spiro atoms. The summed E-state index contributed by atoms with van der Waals surface area (Å²) in [4.78, 5) is 0. The zero-order valence-corrected chi connectivity index (χ0v) is 12.3. The fraction of sp³-hybridized carbons (Fsp3) is 0.867. The average molecular weight is 270 g/mol. The van der Waals surface area contributed by atoms with Crippen molar-refractivity contribution in [1.82, 2.24) is 0 Å². The second-order valence-corrected chi connectivity index (χ2v) is 5.75. The van der Waals surface area contributed by atoms with Gasteiger partial charge in [-0.3, -0.25) is 0 Å². The number of allylic oxidation sites excluding steroid dienone is 1. The molecule has 1 N–H and O–H groups in total. The molecule has 2 atom stereocenters. The lowest BCUT2D eigenvalue weighted by Gasteiger charge is -2.45. The molecule has 1 saturated carbocycles. The van der Waals surface area contributed by atoms with Gasteiger partial charge in [0.15, 0.2) is 5.79 Å². The largest absolute Gasteiger partial charge is 0.382 e. The maximum atomic E-state index is 11.0. The standard InChI is InChI=1S/C15H26O4/c1-4-5-6-7-8-13(16)11-15(17-2,18-3)10-9-14(13)12-19-14/h7-8,16H,4-6,9-12H2,1-3H3. The number of rotatable bonds is 6. The highest BCUT2D eigenvalue weighted by Gasteiger charge is 2.65. The quantitative estimate of drug-likeness (QED) is 0.348. The summed E-state index contributed by atoms with van der Waals surface area (Å²) in [6.45, 7) is 2.79. The number of epoxide rings is 1. The summed E-state index contributed by atoms with van der Waals surface area (Å²) in [5.74, 6) is -0.693. The predicted molar refractivity (Wildman–Crippen MR) is 72.9 cm³/mol. The van der Waals surface area contributed by atoms with Crippen LogP contribution in [0.2, 0.25) is 0 Å². The Kier molecular flexibility index (Phi) is 4.35. The van der Waals surface area contributed by atoms with Crippen LogP contribution in [0.4, 0.5) is 0 Å². The van der Waals surface area contributed by atoms with Gasteiger partial charge in [-0.25, -0.2) is 0 Å². The molecule has 0 amide bonds. The molecule has 2 aliphatic rings. The minimum Gasteiger partial charge on any atom is -0.382 e. The van der Waals surface area contributed by atoms with E-state index in [0.717, 1.165) is 32.1 Å². The van der Waals surface area contributed by atoms with Crippen molar-refractivity contribution in [1.29, 1.82) is 0 Å². The molecule has 19 heavy (non-hydrogen) atoms. The van der Waals surface area contributed by atoms with Gasteiger partial charge < -0.3 is 19.3 Å². The third kappa shape index (κ3) is 2.72. The minimum absolute atomic E-state index is 0.406. The molecule has 0 aromatic heterocycles. The molecular formula is C15H26O4. The number of hydrogen-bond donors (Lipinski definition) is 1. The second-order valence-electron chi connectivity index (χ2n) is 5.75. The predicted octanol–water partition coefficient (Wildman–Crippen LogP) is 2.41. The Morgan fingerprint density at radius 1 is 1.26 bits per heavy atom. The van der Waals surface area contributed by atoms with Crippen molar-refractivity contribution >= 4 is 0 Å². The minimum atomic E-state index is -0.981. The van der Waals surface area contributed by atoms with Gasteiger partial charge in [0.2, 0.25) is 0 Å². The maximum absolute atomic E-state index is 11.0. The molecule has 0 bridgehead atoms. The summed E-state index contributed by atoms with van der Waals surface area (Å²) >= 11 is 0. The third-order valence-electron chi connectivity index (χ3n) is 4.59. The summed E-state index contributed by atoms with van der Waals surface area (Å²) in [7, 11) is 3.27. The first-order valence-electron chi connectivity index (χ1n) is 7.20. The van der Waals surface area contributed by atoms with Crippen LogP contribution in [-0.4, -0.2) is 42.9 Å². The lowest BCUT2D eigenvalue weighted by Crippen LogP contribution is -2.56. The third-order valence-corrected chi connectivity index (χ3v) is 4.59. The molecule has 1 saturated heterocycles. The molecule has 2 fully saturated rings. The van der Waals surface area contributed by atoms with Crippen LogP contribution >= 0.6 is 0 Å². The van der Waals surface area contributed by atoms with Crippen LogP contribution in [0.5, 0.6) is 0 Å². The van der Waals surface area contributed by atoms with Crippen molar-refractivity contribution in [3.63, 3.8) is 0 Å². The molecule has 4 nitrogen and oxygen atoms in total. The lowest BCUT2D eigenvalue weighted by atomic mass is 9.72. The molecular weight excluding hydrogens is 244 g/mol. The molecule has 1 aliphatic carbocycles. The van der Waals surface area contributed by atoms with Gasteiger partial charge >= 0.3 is 0 Å². The van der Waals surface area contributed by atoms with E-state index in [1.807, 2.05) is 6.08 Å². The number of methoxy groups -OCH3 is 2. The van der Waals surface area contributed by atoms with Crippen LogP contribution in [0, 0.1) is 0 Å².